The van der Waals surface area contributed by atoms with Crippen molar-refractivity contribution in [2.24, 2.45) is 88.0 Å². The lowest BCUT2D eigenvalue weighted by atomic mass is 10.0. The number of benzene rings is 2. The summed E-state index contributed by atoms with van der Waals surface area (Å²) in [7, 11) is 0. The maximum Gasteiger partial charge on any atom is 0.290 e. The summed E-state index contributed by atoms with van der Waals surface area (Å²) >= 11 is 0.803. The quantitative estimate of drug-likeness (QED) is 0.0132. The molecule has 1 fully saturated rings. The molecule has 2 aromatic rings. The SMILES string of the molecule is NC(=O)[C@H](CCCN=C(N)N)NC(=O)[C@H](CCCN=C(N)N)NC(=O)[C@H](CCCN=C(N)N)NC(=O)[C@H](CCCN=C(N)N)NC(=O)[C@H](CCCN=C(N)N)NC(=O)CCCOc1ccc(C=C2SC(=O)NC2=O)c2ccccc12. The lowest BCUT2D eigenvalue weighted by Crippen LogP contribution is -2.59. The minimum Gasteiger partial charge on any atom is -0.493 e. The maximum atomic E-state index is 14.4. The van der Waals surface area contributed by atoms with Crippen LogP contribution in [0.25, 0.3) is 16.8 Å². The van der Waals surface area contributed by atoms with Crippen LogP contribution in [0, 0.1) is 0 Å². The molecular formula is C48H76N22O9S. The van der Waals surface area contributed by atoms with Crippen LogP contribution in [0.15, 0.2) is 66.3 Å². The van der Waals surface area contributed by atoms with E-state index in [1.54, 1.807) is 18.2 Å². The van der Waals surface area contributed by atoms with Gasteiger partial charge >= 0.3 is 0 Å². The van der Waals surface area contributed by atoms with Gasteiger partial charge in [0.25, 0.3) is 11.1 Å². The third-order valence-corrected chi connectivity index (χ3v) is 12.4. The van der Waals surface area contributed by atoms with E-state index in [-0.39, 0.29) is 151 Å². The van der Waals surface area contributed by atoms with Crippen molar-refractivity contribution in [3.8, 4) is 5.75 Å². The number of rotatable bonds is 36. The molecule has 1 saturated heterocycles. The highest BCUT2D eigenvalue weighted by molar-refractivity contribution is 8.18. The standard InChI is InChI=1S/C48H76N22O9S/c49-37(72)29(11-3-19-60-43(50)51)66-39(74)31(13-5-21-62-45(54)55)68-41(76)33(15-7-23-64-47(58)59)69-40(75)32(14-6-22-63-46(56)57)67-38(73)30(12-4-20-61-44(52)53)65-36(71)16-8-24-79-34-18-17-26(27-9-1-2-10-28(27)34)25-35-42(77)70-48(78)80-35/h1-2,9-10,17-18,25,29-33H,3-8,11-16,19-24H2,(H2,49,72)(H,65,71)(H,66,74)(H,67,73)(H,68,76)(H,69,75)(H4,50,51,60)(H4,52,53,61)(H4,54,55,62)(H4,56,57,63)(H4,58,59,64)(H,70,77,78)/t29-,30-,31-,32-,33-/m0/s1. The zero-order chi connectivity index (χ0) is 59.1. The molecule has 5 atom stereocenters. The molecule has 0 radical (unpaired) electrons. The Balaban J connectivity index is 1.86. The van der Waals surface area contributed by atoms with Crippen LogP contribution in [0.2, 0.25) is 0 Å². The molecule has 0 unspecified atom stereocenters. The zero-order valence-electron chi connectivity index (χ0n) is 44.3. The van der Waals surface area contributed by atoms with Gasteiger partial charge in [0.2, 0.25) is 35.4 Å². The second kappa shape index (κ2) is 34.6. The van der Waals surface area contributed by atoms with Crippen molar-refractivity contribution in [1.29, 1.82) is 0 Å². The fourth-order valence-electron chi connectivity index (χ4n) is 7.76. The Bertz CT molecular complexity index is 2660. The predicted octanol–water partition coefficient (Wildman–Crippen LogP) is -4.50. The number of primary amides is 1. The van der Waals surface area contributed by atoms with Gasteiger partial charge in [-0.05, 0) is 105 Å². The number of ether oxygens (including phenoxy) is 1. The molecule has 438 valence electrons. The first kappa shape index (κ1) is 65.2. The summed E-state index contributed by atoms with van der Waals surface area (Å²) < 4.78 is 6.09. The molecule has 1 heterocycles. The van der Waals surface area contributed by atoms with Crippen molar-refractivity contribution >= 4 is 105 Å². The van der Waals surface area contributed by atoms with Gasteiger partial charge in [0, 0.05) is 44.5 Å². The fraction of sp³-hybridized carbons (Fsp3) is 0.479. The number of amides is 8. The second-order valence-corrected chi connectivity index (χ2v) is 19.0. The third kappa shape index (κ3) is 24.9. The van der Waals surface area contributed by atoms with Gasteiger partial charge < -0.3 is 94.4 Å². The first-order chi connectivity index (χ1) is 38.0. The van der Waals surface area contributed by atoms with Crippen molar-refractivity contribution < 1.29 is 43.1 Å². The van der Waals surface area contributed by atoms with Crippen molar-refractivity contribution in [2.75, 3.05) is 39.3 Å². The lowest BCUT2D eigenvalue weighted by Gasteiger charge is -2.27. The minimum absolute atomic E-state index is 0.0192. The first-order valence-corrected chi connectivity index (χ1v) is 26.3. The predicted molar refractivity (Wildman–Crippen MR) is 306 cm³/mol. The average Bonchev–Trinajstić information content (AvgIpc) is 3.72. The van der Waals surface area contributed by atoms with Crippen molar-refractivity contribution in [3.63, 3.8) is 0 Å². The van der Waals surface area contributed by atoms with Crippen LogP contribution in [0.5, 0.6) is 5.75 Å². The van der Waals surface area contributed by atoms with E-state index in [1.165, 1.54) is 0 Å². The van der Waals surface area contributed by atoms with Crippen LogP contribution in [-0.2, 0) is 33.6 Å². The molecule has 0 aliphatic carbocycles. The number of hydrogen-bond acceptors (Lipinski definition) is 15. The maximum absolute atomic E-state index is 14.4. The van der Waals surface area contributed by atoms with E-state index in [1.807, 2.05) is 24.3 Å². The molecule has 3 rings (SSSR count). The lowest BCUT2D eigenvalue weighted by molar-refractivity contribution is -0.135. The summed E-state index contributed by atoms with van der Waals surface area (Å²) in [5, 5.41) is 16.6. The van der Waals surface area contributed by atoms with E-state index in [0.717, 1.165) is 22.5 Å². The summed E-state index contributed by atoms with van der Waals surface area (Å²) in [6.07, 6.45) is 2.54. The molecular weight excluding hydrogens is 1060 g/mol. The monoisotopic (exact) mass is 1140 g/mol. The highest BCUT2D eigenvalue weighted by Crippen LogP contribution is 2.33. The van der Waals surface area contributed by atoms with Gasteiger partial charge in [0.15, 0.2) is 29.8 Å². The van der Waals surface area contributed by atoms with Gasteiger partial charge in [0.05, 0.1) is 11.5 Å². The fourth-order valence-corrected chi connectivity index (χ4v) is 8.43. The molecule has 32 heteroatoms. The number of nitrogens with two attached hydrogens (primary N) is 11. The van der Waals surface area contributed by atoms with Crippen LogP contribution in [0.3, 0.4) is 0 Å². The van der Waals surface area contributed by atoms with Crippen LogP contribution in [-0.4, -0.2) is 146 Å². The molecule has 1 aliphatic heterocycles. The number of imide groups is 1. The number of carbonyl (C=O) groups excluding carboxylic acids is 8. The van der Waals surface area contributed by atoms with E-state index in [9.17, 15) is 38.4 Å². The van der Waals surface area contributed by atoms with Gasteiger partial charge in [-0.3, -0.25) is 68.6 Å². The number of hydrogen-bond donors (Lipinski definition) is 17. The van der Waals surface area contributed by atoms with E-state index in [4.69, 9.17) is 67.8 Å². The Labute approximate surface area is 465 Å². The number of nitrogens with one attached hydrogen (secondary N) is 6. The first-order valence-electron chi connectivity index (χ1n) is 25.5. The third-order valence-electron chi connectivity index (χ3n) is 11.6. The zero-order valence-corrected chi connectivity index (χ0v) is 45.1. The summed E-state index contributed by atoms with van der Waals surface area (Å²) in [6, 6.07) is 4.30. The Morgan fingerprint density at radius 1 is 0.500 bits per heavy atom. The number of fused-ring (bicyclic) bond motifs is 1. The normalized spacial score (nSPS) is 14.1. The molecule has 0 aromatic heterocycles. The van der Waals surface area contributed by atoms with Crippen molar-refractivity contribution in [2.45, 2.75) is 107 Å². The molecule has 0 spiro atoms. The van der Waals surface area contributed by atoms with E-state index in [2.05, 4.69) is 56.9 Å². The Morgan fingerprint density at radius 2 is 0.875 bits per heavy atom. The van der Waals surface area contributed by atoms with Crippen molar-refractivity contribution in [1.82, 2.24) is 31.9 Å². The molecule has 8 amide bonds. The van der Waals surface area contributed by atoms with Crippen LogP contribution in [0.4, 0.5) is 4.79 Å². The molecule has 0 saturated carbocycles. The molecule has 0 bridgehead atoms. The average molecular weight is 1140 g/mol. The summed E-state index contributed by atoms with van der Waals surface area (Å²) in [6.45, 7) is 0.455. The van der Waals surface area contributed by atoms with Gasteiger partial charge in [-0.2, -0.15) is 0 Å². The second-order valence-electron chi connectivity index (χ2n) is 18.0. The van der Waals surface area contributed by atoms with Crippen molar-refractivity contribution in [3.05, 3.63) is 46.9 Å². The van der Waals surface area contributed by atoms with E-state index < -0.39 is 76.8 Å². The summed E-state index contributed by atoms with van der Waals surface area (Å²) in [5.74, 6) is -5.65. The number of nitrogens with zero attached hydrogens (tertiary/aromatic N) is 5. The number of guanidine groups is 5. The Morgan fingerprint density at radius 3 is 1.25 bits per heavy atom. The molecule has 80 heavy (non-hydrogen) atoms. The van der Waals surface area contributed by atoms with Crippen LogP contribution in [0.1, 0.15) is 82.6 Å². The number of carbonyl (C=O) groups is 8. The topological polar surface area (TPSA) is 566 Å². The van der Waals surface area contributed by atoms with E-state index >= 15 is 0 Å². The van der Waals surface area contributed by atoms with Gasteiger partial charge in [-0.15, -0.1) is 0 Å². The van der Waals surface area contributed by atoms with E-state index in [0.29, 0.717) is 11.3 Å². The number of thioether (sulfide) groups is 1. The Kier molecular flexibility index (Phi) is 28.2. The van der Waals surface area contributed by atoms with Crippen LogP contribution < -0.4 is 99.7 Å². The Hall–Kier alpha value is -9.10. The minimum atomic E-state index is -1.38. The molecule has 1 aliphatic rings. The van der Waals surface area contributed by atoms with Gasteiger partial charge in [0.1, 0.15) is 36.0 Å². The largest absolute Gasteiger partial charge is 0.493 e. The summed E-state index contributed by atoms with van der Waals surface area (Å²) in [5.41, 5.74) is 61.3. The molecule has 2 aromatic carbocycles. The highest BCUT2D eigenvalue weighted by atomic mass is 32.2. The van der Waals surface area contributed by atoms with Gasteiger partial charge in [-0.25, -0.2) is 0 Å². The molecule has 31 nitrogen and oxygen atoms in total. The molecule has 28 N–H and O–H groups in total. The van der Waals surface area contributed by atoms with Crippen LogP contribution >= 0.6 is 11.8 Å². The van der Waals surface area contributed by atoms with Gasteiger partial charge in [-0.1, -0.05) is 30.3 Å². The number of aliphatic imine (C=N–C) groups is 5. The highest BCUT2D eigenvalue weighted by Gasteiger charge is 2.32. The summed E-state index contributed by atoms with van der Waals surface area (Å²) in [4.78, 5) is 127. The smallest absolute Gasteiger partial charge is 0.290 e.